The Labute approximate surface area is 107 Å². The van der Waals surface area contributed by atoms with Gasteiger partial charge in [0.15, 0.2) is 6.39 Å². The number of hydrogen-bond acceptors (Lipinski definition) is 3. The van der Waals surface area contributed by atoms with E-state index in [1.165, 1.54) is 6.39 Å². The SMILES string of the molecule is CCC(CC)N(CCCl)C(=O)c1ocnc1C. The van der Waals surface area contributed by atoms with E-state index < -0.39 is 0 Å². The van der Waals surface area contributed by atoms with Gasteiger partial charge in [0.2, 0.25) is 5.76 Å². The molecule has 0 saturated carbocycles. The zero-order chi connectivity index (χ0) is 12.8. The Hall–Kier alpha value is -1.03. The van der Waals surface area contributed by atoms with Crippen molar-refractivity contribution in [3.8, 4) is 0 Å². The Bertz CT molecular complexity index is 361. The Balaban J connectivity index is 2.91. The fraction of sp³-hybridized carbons (Fsp3) is 0.667. The van der Waals surface area contributed by atoms with Crippen LogP contribution >= 0.6 is 11.6 Å². The number of alkyl halides is 1. The number of hydrogen-bond donors (Lipinski definition) is 0. The Morgan fingerprint density at radius 1 is 1.53 bits per heavy atom. The van der Waals surface area contributed by atoms with Gasteiger partial charge in [-0.25, -0.2) is 4.98 Å². The summed E-state index contributed by atoms with van der Waals surface area (Å²) in [5.74, 6) is 0.631. The van der Waals surface area contributed by atoms with Crippen LogP contribution in [0.25, 0.3) is 0 Å². The molecule has 5 heteroatoms. The molecule has 1 amide bonds. The largest absolute Gasteiger partial charge is 0.438 e. The first-order valence-corrected chi connectivity index (χ1v) is 6.46. The van der Waals surface area contributed by atoms with Crippen LogP contribution in [0.3, 0.4) is 0 Å². The summed E-state index contributed by atoms with van der Waals surface area (Å²) in [6.07, 6.45) is 3.12. The maximum atomic E-state index is 12.3. The normalized spacial score (nSPS) is 10.9. The maximum Gasteiger partial charge on any atom is 0.291 e. The van der Waals surface area contributed by atoms with Crippen LogP contribution in [0.2, 0.25) is 0 Å². The molecule has 1 aromatic rings. The van der Waals surface area contributed by atoms with E-state index in [0.717, 1.165) is 12.8 Å². The standard InChI is InChI=1S/C12H19ClN2O2/c1-4-10(5-2)15(7-6-13)12(16)11-9(3)14-8-17-11/h8,10H,4-7H2,1-3H3. The van der Waals surface area contributed by atoms with Crippen LogP contribution < -0.4 is 0 Å². The number of halogens is 1. The molecule has 0 atom stereocenters. The van der Waals surface area contributed by atoms with Crippen molar-refractivity contribution in [3.05, 3.63) is 17.8 Å². The van der Waals surface area contributed by atoms with Crippen molar-refractivity contribution in [3.63, 3.8) is 0 Å². The molecular formula is C12H19ClN2O2. The fourth-order valence-corrected chi connectivity index (χ4v) is 2.09. The maximum absolute atomic E-state index is 12.3. The molecule has 0 unspecified atom stereocenters. The number of oxazole rings is 1. The van der Waals surface area contributed by atoms with Crippen LogP contribution in [0, 0.1) is 6.92 Å². The van der Waals surface area contributed by atoms with Crippen molar-refractivity contribution in [2.24, 2.45) is 0 Å². The summed E-state index contributed by atoms with van der Waals surface area (Å²) in [7, 11) is 0. The first-order valence-electron chi connectivity index (χ1n) is 5.92. The van der Waals surface area contributed by atoms with Gasteiger partial charge in [-0.2, -0.15) is 0 Å². The number of carbonyl (C=O) groups excluding carboxylic acids is 1. The fourth-order valence-electron chi connectivity index (χ4n) is 1.91. The Kier molecular flexibility index (Phi) is 5.48. The molecule has 96 valence electrons. The third-order valence-corrected chi connectivity index (χ3v) is 3.08. The van der Waals surface area contributed by atoms with E-state index in [0.29, 0.717) is 23.9 Å². The molecule has 0 bridgehead atoms. The minimum atomic E-state index is -0.116. The second kappa shape index (κ2) is 6.64. The molecule has 0 aliphatic heterocycles. The molecule has 0 saturated heterocycles. The summed E-state index contributed by atoms with van der Waals surface area (Å²) in [6, 6.07) is 0.200. The predicted molar refractivity (Wildman–Crippen MR) is 67.4 cm³/mol. The first kappa shape index (κ1) is 14.0. The topological polar surface area (TPSA) is 46.3 Å². The highest BCUT2D eigenvalue weighted by atomic mass is 35.5. The van der Waals surface area contributed by atoms with Crippen molar-refractivity contribution in [2.45, 2.75) is 39.7 Å². The lowest BCUT2D eigenvalue weighted by Crippen LogP contribution is -2.41. The zero-order valence-corrected chi connectivity index (χ0v) is 11.3. The van der Waals surface area contributed by atoms with E-state index in [9.17, 15) is 4.79 Å². The quantitative estimate of drug-likeness (QED) is 0.737. The van der Waals surface area contributed by atoms with E-state index in [4.69, 9.17) is 16.0 Å². The van der Waals surface area contributed by atoms with Crippen LogP contribution in [0.15, 0.2) is 10.8 Å². The number of aromatic nitrogens is 1. The second-order valence-corrected chi connectivity index (χ2v) is 4.30. The highest BCUT2D eigenvalue weighted by Gasteiger charge is 2.25. The van der Waals surface area contributed by atoms with Gasteiger partial charge in [-0.15, -0.1) is 11.6 Å². The van der Waals surface area contributed by atoms with Crippen molar-refractivity contribution >= 4 is 17.5 Å². The van der Waals surface area contributed by atoms with Gasteiger partial charge >= 0.3 is 0 Å². The molecule has 0 radical (unpaired) electrons. The number of carbonyl (C=O) groups is 1. The zero-order valence-electron chi connectivity index (χ0n) is 10.6. The summed E-state index contributed by atoms with van der Waals surface area (Å²) in [6.45, 7) is 6.43. The van der Waals surface area contributed by atoms with Crippen LogP contribution in [0.4, 0.5) is 0 Å². The molecule has 0 N–H and O–H groups in total. The number of nitrogens with zero attached hydrogens (tertiary/aromatic N) is 2. The number of amides is 1. The van der Waals surface area contributed by atoms with Gasteiger partial charge in [0.1, 0.15) is 0 Å². The average Bonchev–Trinajstić information content (AvgIpc) is 2.75. The smallest absolute Gasteiger partial charge is 0.291 e. The van der Waals surface area contributed by atoms with Gasteiger partial charge in [-0.1, -0.05) is 13.8 Å². The van der Waals surface area contributed by atoms with E-state index in [2.05, 4.69) is 18.8 Å². The molecule has 0 fully saturated rings. The summed E-state index contributed by atoms with van der Waals surface area (Å²) in [5.41, 5.74) is 0.625. The molecule has 4 nitrogen and oxygen atoms in total. The van der Waals surface area contributed by atoms with E-state index in [-0.39, 0.29) is 11.9 Å². The molecule has 0 spiro atoms. The molecule has 0 aliphatic carbocycles. The monoisotopic (exact) mass is 258 g/mol. The van der Waals surface area contributed by atoms with Crippen LogP contribution in [0.5, 0.6) is 0 Å². The summed E-state index contributed by atoms with van der Waals surface area (Å²) in [4.78, 5) is 18.0. The first-order chi connectivity index (χ1) is 8.15. The predicted octanol–water partition coefficient (Wildman–Crippen LogP) is 2.85. The summed E-state index contributed by atoms with van der Waals surface area (Å²) in [5, 5.41) is 0. The van der Waals surface area contributed by atoms with Crippen LogP contribution in [0.1, 0.15) is 42.9 Å². The molecule has 1 rings (SSSR count). The lowest BCUT2D eigenvalue weighted by Gasteiger charge is -2.29. The molecular weight excluding hydrogens is 240 g/mol. The molecule has 0 aliphatic rings. The van der Waals surface area contributed by atoms with Crippen LogP contribution in [-0.2, 0) is 0 Å². The van der Waals surface area contributed by atoms with Gasteiger partial charge < -0.3 is 9.32 Å². The number of rotatable bonds is 6. The highest BCUT2D eigenvalue weighted by molar-refractivity contribution is 6.18. The second-order valence-electron chi connectivity index (χ2n) is 3.92. The van der Waals surface area contributed by atoms with Crippen molar-refractivity contribution in [1.82, 2.24) is 9.88 Å². The van der Waals surface area contributed by atoms with Gasteiger partial charge in [0.25, 0.3) is 5.91 Å². The average molecular weight is 259 g/mol. The van der Waals surface area contributed by atoms with Gasteiger partial charge in [-0.3, -0.25) is 4.79 Å². The van der Waals surface area contributed by atoms with Crippen molar-refractivity contribution in [2.75, 3.05) is 12.4 Å². The van der Waals surface area contributed by atoms with Crippen molar-refractivity contribution in [1.29, 1.82) is 0 Å². The van der Waals surface area contributed by atoms with Crippen LogP contribution in [-0.4, -0.2) is 34.3 Å². The van der Waals surface area contributed by atoms with Gasteiger partial charge in [0, 0.05) is 18.5 Å². The van der Waals surface area contributed by atoms with Crippen molar-refractivity contribution < 1.29 is 9.21 Å². The summed E-state index contributed by atoms with van der Waals surface area (Å²) >= 11 is 5.76. The summed E-state index contributed by atoms with van der Waals surface area (Å²) < 4.78 is 5.15. The highest BCUT2D eigenvalue weighted by Crippen LogP contribution is 2.15. The van der Waals surface area contributed by atoms with Gasteiger partial charge in [-0.05, 0) is 19.8 Å². The minimum Gasteiger partial charge on any atom is -0.438 e. The number of aryl methyl sites for hydroxylation is 1. The Morgan fingerprint density at radius 2 is 2.18 bits per heavy atom. The third kappa shape index (κ3) is 3.22. The van der Waals surface area contributed by atoms with E-state index >= 15 is 0 Å². The minimum absolute atomic E-state index is 0.116. The van der Waals surface area contributed by atoms with E-state index in [1.807, 2.05) is 0 Å². The molecule has 1 heterocycles. The lowest BCUT2D eigenvalue weighted by atomic mass is 10.1. The van der Waals surface area contributed by atoms with Gasteiger partial charge in [0.05, 0.1) is 5.69 Å². The Morgan fingerprint density at radius 3 is 2.59 bits per heavy atom. The molecule has 0 aromatic carbocycles. The lowest BCUT2D eigenvalue weighted by molar-refractivity contribution is 0.0648. The molecule has 17 heavy (non-hydrogen) atoms. The third-order valence-electron chi connectivity index (χ3n) is 2.91. The van der Waals surface area contributed by atoms with E-state index in [1.54, 1.807) is 11.8 Å². The molecule has 1 aromatic heterocycles.